The monoisotopic (exact) mass is 287 g/mol. The standard InChI is InChI=1S/C12H18ClN3O3/c1-8-10(12(13)16(2)15-8)4-5-11(18)14-9(6-17)7-19-3/h4-5,9,17H,6-7H2,1-3H3,(H,14,18)/b5-4+. The Morgan fingerprint density at radius 1 is 1.68 bits per heavy atom. The van der Waals surface area contributed by atoms with Gasteiger partial charge in [-0.3, -0.25) is 9.48 Å². The maximum atomic E-state index is 11.7. The van der Waals surface area contributed by atoms with Gasteiger partial charge < -0.3 is 15.2 Å². The van der Waals surface area contributed by atoms with Crippen molar-refractivity contribution in [1.29, 1.82) is 0 Å². The summed E-state index contributed by atoms with van der Waals surface area (Å²) in [7, 11) is 3.23. The van der Waals surface area contributed by atoms with Crippen molar-refractivity contribution in [3.05, 3.63) is 22.5 Å². The maximum absolute atomic E-state index is 11.7. The number of carbonyl (C=O) groups is 1. The van der Waals surface area contributed by atoms with Crippen LogP contribution in [0.2, 0.25) is 5.15 Å². The SMILES string of the molecule is COCC(CO)NC(=O)/C=C/c1c(C)nn(C)c1Cl. The summed E-state index contributed by atoms with van der Waals surface area (Å²) in [5, 5.41) is 16.2. The lowest BCUT2D eigenvalue weighted by Gasteiger charge is -2.13. The summed E-state index contributed by atoms with van der Waals surface area (Å²) in [6.07, 6.45) is 2.95. The highest BCUT2D eigenvalue weighted by Crippen LogP contribution is 2.19. The second-order valence-electron chi connectivity index (χ2n) is 4.09. The van der Waals surface area contributed by atoms with E-state index >= 15 is 0 Å². The van der Waals surface area contributed by atoms with Gasteiger partial charge in [0.1, 0.15) is 5.15 Å². The van der Waals surface area contributed by atoms with Crippen molar-refractivity contribution >= 4 is 23.6 Å². The molecule has 0 saturated heterocycles. The third-order valence-corrected chi connectivity index (χ3v) is 2.98. The lowest BCUT2D eigenvalue weighted by atomic mass is 10.2. The zero-order valence-electron chi connectivity index (χ0n) is 11.2. The van der Waals surface area contributed by atoms with E-state index in [-0.39, 0.29) is 19.1 Å². The van der Waals surface area contributed by atoms with E-state index in [0.717, 1.165) is 5.69 Å². The number of nitrogens with one attached hydrogen (secondary N) is 1. The highest BCUT2D eigenvalue weighted by molar-refractivity contribution is 6.31. The number of aryl methyl sites for hydroxylation is 2. The minimum absolute atomic E-state index is 0.180. The Morgan fingerprint density at radius 2 is 2.37 bits per heavy atom. The summed E-state index contributed by atoms with van der Waals surface area (Å²) in [5.41, 5.74) is 1.44. The smallest absolute Gasteiger partial charge is 0.244 e. The first-order valence-corrected chi connectivity index (χ1v) is 6.14. The molecule has 19 heavy (non-hydrogen) atoms. The predicted molar refractivity (Wildman–Crippen MR) is 72.9 cm³/mol. The van der Waals surface area contributed by atoms with Crippen LogP contribution in [0.1, 0.15) is 11.3 Å². The van der Waals surface area contributed by atoms with Crippen molar-refractivity contribution < 1.29 is 14.6 Å². The molecule has 0 fully saturated rings. The molecule has 0 aliphatic rings. The molecule has 0 radical (unpaired) electrons. The number of amides is 1. The third kappa shape index (κ3) is 4.34. The molecular weight excluding hydrogens is 270 g/mol. The summed E-state index contributed by atoms with van der Waals surface area (Å²) in [6, 6.07) is -0.424. The van der Waals surface area contributed by atoms with Crippen LogP contribution in [0.3, 0.4) is 0 Å². The molecule has 6 nitrogen and oxygen atoms in total. The number of carbonyl (C=O) groups excluding carboxylic acids is 1. The van der Waals surface area contributed by atoms with E-state index in [4.69, 9.17) is 21.4 Å². The molecule has 0 saturated carbocycles. The first-order valence-electron chi connectivity index (χ1n) is 5.77. The molecule has 0 spiro atoms. The van der Waals surface area contributed by atoms with Gasteiger partial charge in [-0.25, -0.2) is 0 Å². The van der Waals surface area contributed by atoms with Crippen molar-refractivity contribution in [2.75, 3.05) is 20.3 Å². The number of methoxy groups -OCH3 is 1. The Hall–Kier alpha value is -1.37. The Morgan fingerprint density at radius 3 is 2.84 bits per heavy atom. The molecular formula is C12H18ClN3O3. The van der Waals surface area contributed by atoms with Gasteiger partial charge in [0.15, 0.2) is 0 Å². The summed E-state index contributed by atoms with van der Waals surface area (Å²) in [6.45, 7) is 1.88. The molecule has 0 aliphatic heterocycles. The Kier molecular flexibility index (Phi) is 6.01. The van der Waals surface area contributed by atoms with Gasteiger partial charge in [-0.15, -0.1) is 0 Å². The largest absolute Gasteiger partial charge is 0.394 e. The van der Waals surface area contributed by atoms with Crippen LogP contribution in [0.15, 0.2) is 6.08 Å². The Bertz CT molecular complexity index is 471. The fraction of sp³-hybridized carbons (Fsp3) is 0.500. The lowest BCUT2D eigenvalue weighted by molar-refractivity contribution is -0.117. The fourth-order valence-corrected chi connectivity index (χ4v) is 1.82. The highest BCUT2D eigenvalue weighted by Gasteiger charge is 2.11. The van der Waals surface area contributed by atoms with Crippen LogP contribution in [-0.4, -0.2) is 47.2 Å². The van der Waals surface area contributed by atoms with Gasteiger partial charge in [-0.1, -0.05) is 11.6 Å². The van der Waals surface area contributed by atoms with Gasteiger partial charge in [-0.2, -0.15) is 5.10 Å². The topological polar surface area (TPSA) is 76.4 Å². The Labute approximate surface area is 117 Å². The molecule has 106 valence electrons. The molecule has 1 heterocycles. The van der Waals surface area contributed by atoms with Crippen LogP contribution in [-0.2, 0) is 16.6 Å². The first-order chi connectivity index (χ1) is 8.99. The maximum Gasteiger partial charge on any atom is 0.244 e. The second-order valence-corrected chi connectivity index (χ2v) is 4.45. The quantitative estimate of drug-likeness (QED) is 0.748. The van der Waals surface area contributed by atoms with Crippen LogP contribution in [0, 0.1) is 6.92 Å². The number of hydrogen-bond acceptors (Lipinski definition) is 4. The molecule has 0 aromatic carbocycles. The van der Waals surface area contributed by atoms with E-state index in [2.05, 4.69) is 10.4 Å². The number of halogens is 1. The number of aliphatic hydroxyl groups excluding tert-OH is 1. The van der Waals surface area contributed by atoms with E-state index < -0.39 is 6.04 Å². The minimum Gasteiger partial charge on any atom is -0.394 e. The van der Waals surface area contributed by atoms with E-state index in [1.807, 2.05) is 6.92 Å². The number of ether oxygens (including phenoxy) is 1. The van der Waals surface area contributed by atoms with Crippen LogP contribution in [0.5, 0.6) is 0 Å². The zero-order valence-corrected chi connectivity index (χ0v) is 11.9. The van der Waals surface area contributed by atoms with Gasteiger partial charge >= 0.3 is 0 Å². The summed E-state index contributed by atoms with van der Waals surface area (Å²) >= 11 is 6.04. The van der Waals surface area contributed by atoms with E-state index in [9.17, 15) is 4.79 Å². The molecule has 0 bridgehead atoms. The van der Waals surface area contributed by atoms with Crippen molar-refractivity contribution in [1.82, 2.24) is 15.1 Å². The average Bonchev–Trinajstić information content (AvgIpc) is 2.60. The lowest BCUT2D eigenvalue weighted by Crippen LogP contribution is -2.39. The molecule has 1 aromatic rings. The number of aliphatic hydroxyl groups is 1. The van der Waals surface area contributed by atoms with Crippen LogP contribution in [0.25, 0.3) is 6.08 Å². The van der Waals surface area contributed by atoms with Crippen molar-refractivity contribution in [2.45, 2.75) is 13.0 Å². The average molecular weight is 288 g/mol. The summed E-state index contributed by atoms with van der Waals surface area (Å²) in [4.78, 5) is 11.7. The van der Waals surface area contributed by atoms with E-state index in [1.165, 1.54) is 17.9 Å². The fourth-order valence-electron chi connectivity index (χ4n) is 1.59. The van der Waals surface area contributed by atoms with E-state index in [1.54, 1.807) is 13.1 Å². The first kappa shape index (κ1) is 15.7. The van der Waals surface area contributed by atoms with Gasteiger partial charge in [0, 0.05) is 25.8 Å². The molecule has 2 N–H and O–H groups in total. The molecule has 1 atom stereocenters. The molecule has 7 heteroatoms. The predicted octanol–water partition coefficient (Wildman–Crippen LogP) is 0.519. The van der Waals surface area contributed by atoms with E-state index in [0.29, 0.717) is 10.7 Å². The van der Waals surface area contributed by atoms with Gasteiger partial charge in [-0.05, 0) is 13.0 Å². The molecule has 1 rings (SSSR count). The summed E-state index contributed by atoms with van der Waals surface area (Å²) in [5.74, 6) is -0.324. The Balaban J connectivity index is 2.68. The van der Waals surface area contributed by atoms with Crippen molar-refractivity contribution in [3.63, 3.8) is 0 Å². The number of nitrogens with zero attached hydrogens (tertiary/aromatic N) is 2. The van der Waals surface area contributed by atoms with Gasteiger partial charge in [0.05, 0.1) is 24.9 Å². The van der Waals surface area contributed by atoms with Crippen LogP contribution >= 0.6 is 11.6 Å². The molecule has 1 unspecified atom stereocenters. The normalized spacial score (nSPS) is 12.9. The third-order valence-electron chi connectivity index (χ3n) is 2.53. The number of aromatic nitrogens is 2. The van der Waals surface area contributed by atoms with Crippen molar-refractivity contribution in [2.24, 2.45) is 7.05 Å². The number of rotatable bonds is 6. The highest BCUT2D eigenvalue weighted by atomic mass is 35.5. The molecule has 1 amide bonds. The van der Waals surface area contributed by atoms with Crippen LogP contribution < -0.4 is 5.32 Å². The number of hydrogen-bond donors (Lipinski definition) is 2. The zero-order chi connectivity index (χ0) is 14.4. The molecule has 0 aliphatic carbocycles. The minimum atomic E-state index is -0.424. The summed E-state index contributed by atoms with van der Waals surface area (Å²) < 4.78 is 6.40. The second kappa shape index (κ2) is 7.28. The van der Waals surface area contributed by atoms with Crippen molar-refractivity contribution in [3.8, 4) is 0 Å². The molecule has 1 aromatic heterocycles. The van der Waals surface area contributed by atoms with Gasteiger partial charge in [0.2, 0.25) is 5.91 Å². The van der Waals surface area contributed by atoms with Gasteiger partial charge in [0.25, 0.3) is 0 Å². The van der Waals surface area contributed by atoms with Crippen LogP contribution in [0.4, 0.5) is 0 Å².